The highest BCUT2D eigenvalue weighted by molar-refractivity contribution is 7.89. The quantitative estimate of drug-likeness (QED) is 0.382. The zero-order valence-electron chi connectivity index (χ0n) is 11.4. The smallest absolute Gasteiger partial charge is 0.342 e. The van der Waals surface area contributed by atoms with E-state index in [0.29, 0.717) is 0 Å². The van der Waals surface area contributed by atoms with Crippen LogP contribution >= 0.6 is 0 Å². The van der Waals surface area contributed by atoms with Crippen LogP contribution in [0.3, 0.4) is 0 Å². The van der Waals surface area contributed by atoms with E-state index in [2.05, 4.69) is 19.6 Å². The molecule has 0 aliphatic heterocycles. The molecule has 21 heavy (non-hydrogen) atoms. The van der Waals surface area contributed by atoms with Gasteiger partial charge < -0.3 is 4.74 Å². The SMILES string of the molecule is CCOC(=O)c1cn[nH]c1S(=O)(=O)NCCNS(C)(=O)=O. The van der Waals surface area contributed by atoms with Crippen LogP contribution in [-0.2, 0) is 24.8 Å². The molecule has 0 saturated heterocycles. The first kappa shape index (κ1) is 17.6. The van der Waals surface area contributed by atoms with Crippen molar-refractivity contribution >= 4 is 26.0 Å². The molecule has 1 aromatic rings. The van der Waals surface area contributed by atoms with Gasteiger partial charge in [0.25, 0.3) is 10.0 Å². The Morgan fingerprint density at radius 2 is 1.90 bits per heavy atom. The minimum absolute atomic E-state index is 0.0925. The second kappa shape index (κ2) is 6.98. The van der Waals surface area contributed by atoms with Crippen LogP contribution in [0, 0.1) is 0 Å². The molecule has 120 valence electrons. The summed E-state index contributed by atoms with van der Waals surface area (Å²) in [6, 6.07) is 0. The molecule has 0 aromatic carbocycles. The van der Waals surface area contributed by atoms with Gasteiger partial charge in [-0.1, -0.05) is 0 Å². The number of H-pyrrole nitrogens is 1. The number of nitrogens with zero attached hydrogens (tertiary/aromatic N) is 1. The molecule has 1 heterocycles. The largest absolute Gasteiger partial charge is 0.462 e. The Morgan fingerprint density at radius 3 is 2.48 bits per heavy atom. The Balaban J connectivity index is 2.75. The van der Waals surface area contributed by atoms with E-state index in [1.165, 1.54) is 0 Å². The summed E-state index contributed by atoms with van der Waals surface area (Å²) < 4.78 is 54.6. The second-order valence-electron chi connectivity index (χ2n) is 3.90. The summed E-state index contributed by atoms with van der Waals surface area (Å²) in [5, 5.41) is 5.28. The van der Waals surface area contributed by atoms with E-state index in [4.69, 9.17) is 4.74 Å². The first-order valence-electron chi connectivity index (χ1n) is 5.82. The van der Waals surface area contributed by atoms with Crippen molar-refractivity contribution in [2.24, 2.45) is 0 Å². The predicted molar refractivity (Wildman–Crippen MR) is 72.6 cm³/mol. The fraction of sp³-hybridized carbons (Fsp3) is 0.556. The zero-order chi connectivity index (χ0) is 16.1. The summed E-state index contributed by atoms with van der Waals surface area (Å²) in [5.74, 6) is -0.819. The van der Waals surface area contributed by atoms with E-state index in [1.807, 2.05) is 0 Å². The number of carbonyl (C=O) groups excluding carboxylic acids is 1. The maximum atomic E-state index is 12.0. The molecule has 1 aromatic heterocycles. The molecule has 0 spiro atoms. The molecular formula is C9H16N4O6S2. The molecule has 0 fully saturated rings. The number of esters is 1. The normalized spacial score (nSPS) is 12.3. The van der Waals surface area contributed by atoms with Gasteiger partial charge in [0.2, 0.25) is 10.0 Å². The summed E-state index contributed by atoms with van der Waals surface area (Å²) in [4.78, 5) is 11.6. The van der Waals surface area contributed by atoms with Gasteiger partial charge in [0, 0.05) is 13.1 Å². The van der Waals surface area contributed by atoms with Crippen LogP contribution in [0.2, 0.25) is 0 Å². The van der Waals surface area contributed by atoms with Crippen molar-refractivity contribution < 1.29 is 26.4 Å². The Hall–Kier alpha value is -1.50. The van der Waals surface area contributed by atoms with Gasteiger partial charge in [-0.15, -0.1) is 0 Å². The molecule has 1 rings (SSSR count). The van der Waals surface area contributed by atoms with Gasteiger partial charge in [-0.2, -0.15) is 5.10 Å². The molecule has 0 saturated carbocycles. The van der Waals surface area contributed by atoms with E-state index in [0.717, 1.165) is 12.5 Å². The highest BCUT2D eigenvalue weighted by atomic mass is 32.2. The molecule has 10 nitrogen and oxygen atoms in total. The fourth-order valence-corrected chi connectivity index (χ4v) is 2.91. The number of hydrogen-bond acceptors (Lipinski definition) is 7. The van der Waals surface area contributed by atoms with Crippen LogP contribution < -0.4 is 9.44 Å². The number of aromatic nitrogens is 2. The lowest BCUT2D eigenvalue weighted by Crippen LogP contribution is -2.34. The molecule has 0 unspecified atom stereocenters. The highest BCUT2D eigenvalue weighted by Crippen LogP contribution is 2.12. The summed E-state index contributed by atoms with van der Waals surface area (Å²) in [5.41, 5.74) is -0.222. The van der Waals surface area contributed by atoms with E-state index in [9.17, 15) is 21.6 Å². The number of ether oxygens (including phenoxy) is 1. The van der Waals surface area contributed by atoms with Gasteiger partial charge in [-0.25, -0.2) is 31.1 Å². The van der Waals surface area contributed by atoms with Crippen molar-refractivity contribution in [2.75, 3.05) is 26.0 Å². The minimum atomic E-state index is -4.03. The van der Waals surface area contributed by atoms with Crippen molar-refractivity contribution in [1.82, 2.24) is 19.6 Å². The number of sulfonamides is 2. The Kier molecular flexibility index (Phi) is 5.83. The maximum Gasteiger partial charge on any atom is 0.342 e. The topological polar surface area (TPSA) is 147 Å². The molecule has 0 aliphatic rings. The first-order valence-corrected chi connectivity index (χ1v) is 9.19. The third kappa shape index (κ3) is 5.41. The number of aromatic amines is 1. The lowest BCUT2D eigenvalue weighted by Gasteiger charge is -2.07. The summed E-state index contributed by atoms with van der Waals surface area (Å²) in [7, 11) is -7.44. The van der Waals surface area contributed by atoms with Crippen LogP contribution in [0.4, 0.5) is 0 Å². The Bertz CT molecular complexity index is 694. The number of hydrogen-bond donors (Lipinski definition) is 3. The average molecular weight is 340 g/mol. The highest BCUT2D eigenvalue weighted by Gasteiger charge is 2.25. The van der Waals surface area contributed by atoms with Gasteiger partial charge in [-0.3, -0.25) is 5.10 Å². The molecule has 0 bridgehead atoms. The number of carbonyl (C=O) groups is 1. The zero-order valence-corrected chi connectivity index (χ0v) is 13.0. The lowest BCUT2D eigenvalue weighted by atomic mass is 10.4. The van der Waals surface area contributed by atoms with Crippen LogP contribution in [0.15, 0.2) is 11.2 Å². The molecule has 3 N–H and O–H groups in total. The van der Waals surface area contributed by atoms with Gasteiger partial charge in [-0.05, 0) is 6.92 Å². The van der Waals surface area contributed by atoms with E-state index in [-0.39, 0.29) is 25.3 Å². The van der Waals surface area contributed by atoms with E-state index < -0.39 is 31.0 Å². The maximum absolute atomic E-state index is 12.0. The van der Waals surface area contributed by atoms with Crippen molar-refractivity contribution in [1.29, 1.82) is 0 Å². The Morgan fingerprint density at radius 1 is 1.29 bits per heavy atom. The number of nitrogens with one attached hydrogen (secondary N) is 3. The molecular weight excluding hydrogens is 324 g/mol. The summed E-state index contributed by atoms with van der Waals surface area (Å²) in [6.45, 7) is 1.37. The van der Waals surface area contributed by atoms with Crippen molar-refractivity contribution in [3.63, 3.8) is 0 Å². The number of rotatable bonds is 8. The predicted octanol–water partition coefficient (Wildman–Crippen LogP) is -1.59. The average Bonchev–Trinajstić information content (AvgIpc) is 2.84. The lowest BCUT2D eigenvalue weighted by molar-refractivity contribution is 0.0522. The van der Waals surface area contributed by atoms with Crippen molar-refractivity contribution in [2.45, 2.75) is 11.9 Å². The van der Waals surface area contributed by atoms with Crippen LogP contribution in [0.25, 0.3) is 0 Å². The third-order valence-electron chi connectivity index (χ3n) is 2.15. The van der Waals surface area contributed by atoms with E-state index in [1.54, 1.807) is 6.92 Å². The summed E-state index contributed by atoms with van der Waals surface area (Å²) in [6.07, 6.45) is 2.00. The molecule has 0 atom stereocenters. The van der Waals surface area contributed by atoms with Crippen molar-refractivity contribution in [3.8, 4) is 0 Å². The van der Waals surface area contributed by atoms with Crippen LogP contribution in [-0.4, -0.2) is 59.0 Å². The Labute approximate surface area is 122 Å². The van der Waals surface area contributed by atoms with Crippen LogP contribution in [0.5, 0.6) is 0 Å². The molecule has 0 aliphatic carbocycles. The fourth-order valence-electron chi connectivity index (χ4n) is 1.33. The standard InChI is InChI=1S/C9H16N4O6S2/c1-3-19-9(14)7-6-10-13-8(7)21(17,18)12-5-4-11-20(2,15)16/h6,11-12H,3-5H2,1-2H3,(H,10,13). The first-order chi connectivity index (χ1) is 9.67. The second-order valence-corrected chi connectivity index (χ2v) is 7.43. The minimum Gasteiger partial charge on any atom is -0.462 e. The van der Waals surface area contributed by atoms with E-state index >= 15 is 0 Å². The van der Waals surface area contributed by atoms with Gasteiger partial charge in [0.05, 0.1) is 19.1 Å². The van der Waals surface area contributed by atoms with Gasteiger partial charge in [0.1, 0.15) is 5.56 Å². The van der Waals surface area contributed by atoms with Gasteiger partial charge in [0.15, 0.2) is 5.03 Å². The van der Waals surface area contributed by atoms with Gasteiger partial charge >= 0.3 is 5.97 Å². The van der Waals surface area contributed by atoms with Crippen molar-refractivity contribution in [3.05, 3.63) is 11.8 Å². The monoisotopic (exact) mass is 340 g/mol. The summed E-state index contributed by atoms with van der Waals surface area (Å²) >= 11 is 0. The van der Waals surface area contributed by atoms with Crippen LogP contribution in [0.1, 0.15) is 17.3 Å². The molecule has 0 radical (unpaired) electrons. The third-order valence-corrected chi connectivity index (χ3v) is 4.31. The molecule has 12 heteroatoms. The molecule has 0 amide bonds.